The average Bonchev–Trinajstić information content (AvgIpc) is 2.41. The molecule has 11 heteroatoms. The van der Waals surface area contributed by atoms with Gasteiger partial charge in [-0.25, -0.2) is 4.72 Å². The SMILES string of the molecule is CC(C)OP(=O)(CCC[N+](C)(C)CCCNS(=O)(=O)N(C)C)OC(C)C.[Br-]. The zero-order valence-electron chi connectivity index (χ0n) is 18.1. The van der Waals surface area contributed by atoms with Gasteiger partial charge in [0.25, 0.3) is 10.2 Å². The van der Waals surface area contributed by atoms with Crippen LogP contribution in [-0.2, 0) is 23.8 Å². The first kappa shape index (κ1) is 29.7. The van der Waals surface area contributed by atoms with Crippen LogP contribution in [0.15, 0.2) is 0 Å². The zero-order valence-corrected chi connectivity index (χ0v) is 21.4. The fourth-order valence-corrected chi connectivity index (χ4v) is 5.15. The highest BCUT2D eigenvalue weighted by atomic mass is 79.9. The highest BCUT2D eigenvalue weighted by Crippen LogP contribution is 2.50. The van der Waals surface area contributed by atoms with Gasteiger partial charge >= 0.3 is 7.60 Å². The van der Waals surface area contributed by atoms with Crippen LogP contribution in [0.2, 0.25) is 0 Å². The van der Waals surface area contributed by atoms with Gasteiger partial charge in [-0.1, -0.05) is 0 Å². The van der Waals surface area contributed by atoms with Crippen molar-refractivity contribution in [2.24, 2.45) is 0 Å². The molecule has 0 saturated heterocycles. The summed E-state index contributed by atoms with van der Waals surface area (Å²) in [6, 6.07) is 0. The normalized spacial score (nSPS) is 13.4. The van der Waals surface area contributed by atoms with E-state index in [1.54, 1.807) is 0 Å². The average molecular weight is 496 g/mol. The van der Waals surface area contributed by atoms with Crippen molar-refractivity contribution < 1.29 is 43.5 Å². The van der Waals surface area contributed by atoms with Crippen LogP contribution in [0, 0.1) is 0 Å². The second-order valence-electron chi connectivity index (χ2n) is 7.91. The maximum absolute atomic E-state index is 12.8. The molecule has 0 rings (SSSR count). The molecule has 0 aliphatic heterocycles. The summed E-state index contributed by atoms with van der Waals surface area (Å²) in [5.41, 5.74) is 0. The van der Waals surface area contributed by atoms with Crippen LogP contribution < -0.4 is 21.7 Å². The molecule has 0 unspecified atom stereocenters. The first-order valence-electron chi connectivity index (χ1n) is 9.14. The number of hydrogen-bond acceptors (Lipinski definition) is 5. The molecule has 0 saturated carbocycles. The molecule has 1 N–H and O–H groups in total. The maximum atomic E-state index is 12.8. The summed E-state index contributed by atoms with van der Waals surface area (Å²) in [6.07, 6.45) is 1.53. The molecular formula is C16H39BrN3O5PS. The minimum atomic E-state index is -3.37. The minimum absolute atomic E-state index is 0. The molecule has 0 aliphatic carbocycles. The molecule has 27 heavy (non-hydrogen) atoms. The van der Waals surface area contributed by atoms with Crippen molar-refractivity contribution in [3.63, 3.8) is 0 Å². The molecule has 8 nitrogen and oxygen atoms in total. The van der Waals surface area contributed by atoms with E-state index in [-0.39, 0.29) is 29.2 Å². The topological polar surface area (TPSA) is 84.9 Å². The van der Waals surface area contributed by atoms with E-state index in [1.807, 2.05) is 27.7 Å². The largest absolute Gasteiger partial charge is 1.00 e. The van der Waals surface area contributed by atoms with Crippen molar-refractivity contribution in [1.29, 1.82) is 0 Å². The quantitative estimate of drug-likeness (QED) is 0.195. The van der Waals surface area contributed by atoms with Gasteiger partial charge in [-0.05, 0) is 27.7 Å². The summed E-state index contributed by atoms with van der Waals surface area (Å²) in [6.45, 7) is 9.43. The monoisotopic (exact) mass is 495 g/mol. The van der Waals surface area contributed by atoms with Gasteiger partial charge in [0.05, 0.1) is 45.6 Å². The third-order valence-corrected chi connectivity index (χ3v) is 7.52. The molecule has 0 aromatic heterocycles. The van der Waals surface area contributed by atoms with Crippen molar-refractivity contribution in [2.45, 2.75) is 52.7 Å². The van der Waals surface area contributed by atoms with E-state index in [4.69, 9.17) is 9.05 Å². The van der Waals surface area contributed by atoms with Crippen molar-refractivity contribution in [3.05, 3.63) is 0 Å². The summed E-state index contributed by atoms with van der Waals surface area (Å²) in [4.78, 5) is 0. The molecule has 0 bridgehead atoms. The molecule has 0 radical (unpaired) electrons. The molecule has 0 atom stereocenters. The number of nitrogens with zero attached hydrogens (tertiary/aromatic N) is 2. The fraction of sp³-hybridized carbons (Fsp3) is 1.00. The third-order valence-electron chi connectivity index (χ3n) is 3.64. The first-order valence-corrected chi connectivity index (χ1v) is 12.3. The van der Waals surface area contributed by atoms with Crippen LogP contribution in [0.1, 0.15) is 40.5 Å². The van der Waals surface area contributed by atoms with Gasteiger partial charge in [-0.15, -0.1) is 0 Å². The van der Waals surface area contributed by atoms with Crippen molar-refractivity contribution in [1.82, 2.24) is 9.03 Å². The lowest BCUT2D eigenvalue weighted by Gasteiger charge is -2.31. The van der Waals surface area contributed by atoms with E-state index < -0.39 is 17.8 Å². The van der Waals surface area contributed by atoms with Gasteiger partial charge in [0.15, 0.2) is 0 Å². The van der Waals surface area contributed by atoms with E-state index in [9.17, 15) is 13.0 Å². The van der Waals surface area contributed by atoms with Crippen LogP contribution in [0.25, 0.3) is 0 Å². The lowest BCUT2D eigenvalue weighted by Crippen LogP contribution is -3.00. The predicted octanol–water partition coefficient (Wildman–Crippen LogP) is -0.714. The Bertz CT molecular complexity index is 542. The third kappa shape index (κ3) is 14.1. The van der Waals surface area contributed by atoms with Gasteiger partial charge < -0.3 is 30.5 Å². The van der Waals surface area contributed by atoms with Crippen molar-refractivity contribution >= 4 is 17.8 Å². The van der Waals surface area contributed by atoms with Gasteiger partial charge in [-0.2, -0.15) is 12.7 Å². The summed E-state index contributed by atoms with van der Waals surface area (Å²) in [5, 5.41) is 0. The van der Waals surface area contributed by atoms with Crippen LogP contribution in [0.5, 0.6) is 0 Å². The summed E-state index contributed by atoms with van der Waals surface area (Å²) in [7, 11) is 0.702. The molecule has 0 aromatic carbocycles. The Morgan fingerprint density at radius 3 is 1.85 bits per heavy atom. The summed E-state index contributed by atoms with van der Waals surface area (Å²) >= 11 is 0. The number of halogens is 1. The summed E-state index contributed by atoms with van der Waals surface area (Å²) in [5.74, 6) is 0. The molecule has 0 fully saturated rings. The smallest absolute Gasteiger partial charge is 0.331 e. The van der Waals surface area contributed by atoms with Crippen LogP contribution >= 0.6 is 7.60 Å². The standard InChI is InChI=1S/C16H39N3O5PS.BrH/c1-15(2)23-25(20,24-16(3)4)14-10-13-19(7,8)12-9-11-17-26(21,22)18(5)6;/h15-17H,9-14H2,1-8H3;1H/q+1;/p-1. The molecule has 0 amide bonds. The molecule has 166 valence electrons. The van der Waals surface area contributed by atoms with E-state index in [1.165, 1.54) is 14.1 Å². The first-order chi connectivity index (χ1) is 11.7. The summed E-state index contributed by atoms with van der Waals surface area (Å²) < 4.78 is 51.7. The Labute approximate surface area is 177 Å². The highest BCUT2D eigenvalue weighted by molar-refractivity contribution is 7.87. The minimum Gasteiger partial charge on any atom is -1.00 e. The van der Waals surface area contributed by atoms with E-state index in [0.29, 0.717) is 23.6 Å². The maximum Gasteiger partial charge on any atom is 0.331 e. The molecule has 0 heterocycles. The van der Waals surface area contributed by atoms with Crippen LogP contribution in [0.3, 0.4) is 0 Å². The van der Waals surface area contributed by atoms with Gasteiger partial charge in [0.2, 0.25) is 0 Å². The molecular weight excluding hydrogens is 457 g/mol. The number of rotatable bonds is 14. The second kappa shape index (κ2) is 12.9. The van der Waals surface area contributed by atoms with E-state index in [2.05, 4.69) is 18.8 Å². The Balaban J connectivity index is 0. The number of quaternary nitrogens is 1. The Morgan fingerprint density at radius 2 is 1.44 bits per heavy atom. The fourth-order valence-electron chi connectivity index (χ4n) is 2.41. The Hall–Kier alpha value is 0.460. The Kier molecular flexibility index (Phi) is 14.2. The molecule has 0 aromatic rings. The Morgan fingerprint density at radius 1 is 1.00 bits per heavy atom. The highest BCUT2D eigenvalue weighted by Gasteiger charge is 2.28. The molecule has 0 aliphatic rings. The second-order valence-corrected chi connectivity index (χ2v) is 12.0. The van der Waals surface area contributed by atoms with Crippen molar-refractivity contribution in [3.8, 4) is 0 Å². The lowest BCUT2D eigenvalue weighted by molar-refractivity contribution is -0.890. The van der Waals surface area contributed by atoms with Gasteiger partial charge in [0, 0.05) is 33.5 Å². The van der Waals surface area contributed by atoms with Crippen LogP contribution in [-0.4, -0.2) is 83.4 Å². The number of hydrogen-bond donors (Lipinski definition) is 1. The van der Waals surface area contributed by atoms with Crippen LogP contribution in [0.4, 0.5) is 0 Å². The van der Waals surface area contributed by atoms with E-state index >= 15 is 0 Å². The lowest BCUT2D eigenvalue weighted by atomic mass is 10.3. The van der Waals surface area contributed by atoms with Crippen molar-refractivity contribution in [2.75, 3.05) is 54.0 Å². The number of nitrogens with one attached hydrogen (secondary N) is 1. The van der Waals surface area contributed by atoms with Gasteiger partial charge in [0.1, 0.15) is 0 Å². The predicted molar refractivity (Wildman–Crippen MR) is 107 cm³/mol. The zero-order chi connectivity index (χ0) is 20.6. The van der Waals surface area contributed by atoms with Gasteiger partial charge in [-0.3, -0.25) is 4.57 Å². The molecule has 0 spiro atoms. The van der Waals surface area contributed by atoms with E-state index in [0.717, 1.165) is 23.8 Å².